The molecule has 2 N–H and O–H groups in total. The van der Waals surface area contributed by atoms with Gasteiger partial charge >= 0.3 is 0 Å². The minimum atomic E-state index is 0.767. The van der Waals surface area contributed by atoms with Crippen LogP contribution in [-0.2, 0) is 12.8 Å². The molecule has 4 aromatic heterocycles. The molecule has 5 aromatic rings. The molecular weight excluding hydrogens is 390 g/mol. The number of benzene rings is 1. The lowest BCUT2D eigenvalue weighted by Gasteiger charge is -2.10. The maximum atomic E-state index is 5.85. The zero-order valence-corrected chi connectivity index (χ0v) is 18.4. The molecule has 0 saturated heterocycles. The van der Waals surface area contributed by atoms with Crippen molar-refractivity contribution in [3.8, 4) is 28.1 Å². The Morgan fingerprint density at radius 3 is 2.58 bits per heavy atom. The largest absolute Gasteiger partial charge is 0.496 e. The molecule has 0 radical (unpaired) electrons. The van der Waals surface area contributed by atoms with Gasteiger partial charge in [-0.05, 0) is 38.5 Å². The van der Waals surface area contributed by atoms with Gasteiger partial charge in [-0.3, -0.25) is 10.1 Å². The maximum absolute atomic E-state index is 5.85. The standard InChI is InChI=1S/C24H25N5O2/c1-6-16-22(19(7-2)31-29-16)15-10-18-14(11-20(15)30-5)23-17(26-18)8-9-25-24(23)21-12(3)27-28-13(21)4/h8-11,26H,6-7H2,1-5H3,(H,27,28). The van der Waals surface area contributed by atoms with Crippen LogP contribution in [0.4, 0.5) is 0 Å². The van der Waals surface area contributed by atoms with Gasteiger partial charge in [0.25, 0.3) is 0 Å². The molecule has 1 aromatic carbocycles. The van der Waals surface area contributed by atoms with E-state index in [0.717, 1.165) is 85.6 Å². The van der Waals surface area contributed by atoms with Gasteiger partial charge in [0.05, 0.1) is 35.3 Å². The average Bonchev–Trinajstić information content (AvgIpc) is 3.46. The van der Waals surface area contributed by atoms with E-state index in [1.54, 1.807) is 7.11 Å². The van der Waals surface area contributed by atoms with Crippen molar-refractivity contribution in [1.82, 2.24) is 25.3 Å². The Kier molecular flexibility index (Phi) is 4.54. The number of nitrogens with zero attached hydrogens (tertiary/aromatic N) is 3. The number of hydrogen-bond acceptors (Lipinski definition) is 5. The number of nitrogens with one attached hydrogen (secondary N) is 2. The number of ether oxygens (including phenoxy) is 1. The molecule has 0 aliphatic carbocycles. The van der Waals surface area contributed by atoms with E-state index in [0.29, 0.717) is 0 Å². The molecule has 0 amide bonds. The lowest BCUT2D eigenvalue weighted by atomic mass is 9.97. The van der Waals surface area contributed by atoms with Gasteiger partial charge < -0.3 is 14.2 Å². The molecule has 158 valence electrons. The summed E-state index contributed by atoms with van der Waals surface area (Å²) in [5, 5.41) is 13.8. The number of methoxy groups -OCH3 is 1. The second-order valence-corrected chi connectivity index (χ2v) is 7.75. The molecule has 0 unspecified atom stereocenters. The van der Waals surface area contributed by atoms with E-state index in [-0.39, 0.29) is 0 Å². The highest BCUT2D eigenvalue weighted by Gasteiger charge is 2.22. The van der Waals surface area contributed by atoms with Crippen molar-refractivity contribution in [2.45, 2.75) is 40.5 Å². The van der Waals surface area contributed by atoms with Crippen molar-refractivity contribution in [1.29, 1.82) is 0 Å². The summed E-state index contributed by atoms with van der Waals surface area (Å²) in [5.41, 5.74) is 8.88. The van der Waals surface area contributed by atoms with Crippen LogP contribution < -0.4 is 4.74 Å². The van der Waals surface area contributed by atoms with E-state index in [2.05, 4.69) is 46.3 Å². The number of aromatic amines is 2. The summed E-state index contributed by atoms with van der Waals surface area (Å²) in [7, 11) is 1.70. The zero-order chi connectivity index (χ0) is 21.7. The molecular formula is C24H25N5O2. The topological polar surface area (TPSA) is 92.6 Å². The first-order valence-corrected chi connectivity index (χ1v) is 10.5. The second kappa shape index (κ2) is 7.27. The highest BCUT2D eigenvalue weighted by Crippen LogP contribution is 2.42. The van der Waals surface area contributed by atoms with E-state index in [9.17, 15) is 0 Å². The van der Waals surface area contributed by atoms with Crippen molar-refractivity contribution < 1.29 is 9.26 Å². The third-order valence-corrected chi connectivity index (χ3v) is 5.95. The number of aromatic nitrogens is 5. The smallest absolute Gasteiger partial charge is 0.144 e. The van der Waals surface area contributed by atoms with Gasteiger partial charge in [0.15, 0.2) is 0 Å². The van der Waals surface area contributed by atoms with Crippen molar-refractivity contribution in [3.63, 3.8) is 0 Å². The molecule has 0 aliphatic heterocycles. The van der Waals surface area contributed by atoms with Crippen molar-refractivity contribution in [3.05, 3.63) is 47.2 Å². The van der Waals surface area contributed by atoms with Crippen LogP contribution in [0, 0.1) is 13.8 Å². The van der Waals surface area contributed by atoms with Crippen LogP contribution in [0.15, 0.2) is 28.9 Å². The summed E-state index contributed by atoms with van der Waals surface area (Å²) in [6, 6.07) is 6.23. The van der Waals surface area contributed by atoms with Crippen molar-refractivity contribution >= 4 is 21.8 Å². The van der Waals surface area contributed by atoms with Crippen LogP contribution in [0.2, 0.25) is 0 Å². The van der Waals surface area contributed by atoms with Crippen LogP contribution in [-0.4, -0.2) is 32.4 Å². The summed E-state index contributed by atoms with van der Waals surface area (Å²) in [5.74, 6) is 1.66. The first-order valence-electron chi connectivity index (χ1n) is 10.5. The Labute approximate surface area is 179 Å². The Balaban J connectivity index is 1.84. The Hall–Kier alpha value is -3.61. The summed E-state index contributed by atoms with van der Waals surface area (Å²) >= 11 is 0. The molecule has 0 atom stereocenters. The maximum Gasteiger partial charge on any atom is 0.144 e. The highest BCUT2D eigenvalue weighted by molar-refractivity contribution is 6.14. The molecule has 0 spiro atoms. The first-order chi connectivity index (χ1) is 15.1. The predicted octanol–water partition coefficient (Wildman–Crippen LogP) is 5.51. The number of pyridine rings is 1. The van der Waals surface area contributed by atoms with E-state index in [4.69, 9.17) is 14.2 Å². The Morgan fingerprint density at radius 1 is 1.06 bits per heavy atom. The number of H-pyrrole nitrogens is 2. The van der Waals surface area contributed by atoms with Crippen LogP contribution in [0.1, 0.15) is 36.7 Å². The molecule has 5 rings (SSSR count). The number of aryl methyl sites for hydroxylation is 4. The zero-order valence-electron chi connectivity index (χ0n) is 18.4. The second-order valence-electron chi connectivity index (χ2n) is 7.75. The van der Waals surface area contributed by atoms with Gasteiger partial charge in [-0.1, -0.05) is 19.0 Å². The van der Waals surface area contributed by atoms with Crippen molar-refractivity contribution in [2.75, 3.05) is 7.11 Å². The normalized spacial score (nSPS) is 11.6. The number of rotatable bonds is 5. The van der Waals surface area contributed by atoms with E-state index >= 15 is 0 Å². The molecule has 7 heteroatoms. The SMILES string of the molecule is CCc1noc(CC)c1-c1cc2[nH]c3ccnc(-c4c(C)n[nH]c4C)c3c2cc1OC. The van der Waals surface area contributed by atoms with Gasteiger partial charge in [-0.2, -0.15) is 5.10 Å². The molecule has 0 saturated carbocycles. The third-order valence-electron chi connectivity index (χ3n) is 5.95. The van der Waals surface area contributed by atoms with Crippen LogP contribution in [0.3, 0.4) is 0 Å². The van der Waals surface area contributed by atoms with E-state index in [1.165, 1.54) is 0 Å². The summed E-state index contributed by atoms with van der Waals surface area (Å²) < 4.78 is 11.5. The lowest BCUT2D eigenvalue weighted by molar-refractivity contribution is 0.381. The summed E-state index contributed by atoms with van der Waals surface area (Å²) in [6.07, 6.45) is 3.39. The molecule has 7 nitrogen and oxygen atoms in total. The molecule has 31 heavy (non-hydrogen) atoms. The minimum absolute atomic E-state index is 0.767. The summed E-state index contributed by atoms with van der Waals surface area (Å²) in [6.45, 7) is 8.18. The molecule has 0 fully saturated rings. The average molecular weight is 415 g/mol. The Morgan fingerprint density at radius 2 is 1.90 bits per heavy atom. The fourth-order valence-corrected chi connectivity index (χ4v) is 4.48. The monoisotopic (exact) mass is 415 g/mol. The van der Waals surface area contributed by atoms with Gasteiger partial charge in [0.1, 0.15) is 11.5 Å². The van der Waals surface area contributed by atoms with Gasteiger partial charge in [-0.25, -0.2) is 0 Å². The predicted molar refractivity (Wildman–Crippen MR) is 121 cm³/mol. The van der Waals surface area contributed by atoms with Gasteiger partial charge in [-0.15, -0.1) is 0 Å². The van der Waals surface area contributed by atoms with Gasteiger partial charge in [0.2, 0.25) is 0 Å². The fourth-order valence-electron chi connectivity index (χ4n) is 4.48. The van der Waals surface area contributed by atoms with E-state index < -0.39 is 0 Å². The molecule has 4 heterocycles. The summed E-state index contributed by atoms with van der Waals surface area (Å²) in [4.78, 5) is 8.30. The Bertz CT molecular complexity index is 1380. The fraction of sp³-hybridized carbons (Fsp3) is 0.292. The van der Waals surface area contributed by atoms with Gasteiger partial charge in [0, 0.05) is 45.7 Å². The highest BCUT2D eigenvalue weighted by atomic mass is 16.5. The third kappa shape index (κ3) is 2.84. The first kappa shape index (κ1) is 19.4. The number of fused-ring (bicyclic) bond motifs is 3. The minimum Gasteiger partial charge on any atom is -0.496 e. The molecule has 0 bridgehead atoms. The van der Waals surface area contributed by atoms with Crippen LogP contribution in [0.5, 0.6) is 5.75 Å². The number of hydrogen-bond donors (Lipinski definition) is 2. The van der Waals surface area contributed by atoms with Crippen LogP contribution >= 0.6 is 0 Å². The van der Waals surface area contributed by atoms with E-state index in [1.807, 2.05) is 26.1 Å². The quantitative estimate of drug-likeness (QED) is 0.395. The lowest BCUT2D eigenvalue weighted by Crippen LogP contribution is -1.93. The molecule has 0 aliphatic rings. The van der Waals surface area contributed by atoms with Crippen molar-refractivity contribution in [2.24, 2.45) is 0 Å². The van der Waals surface area contributed by atoms with Crippen LogP contribution in [0.25, 0.3) is 44.2 Å².